The van der Waals surface area contributed by atoms with Crippen LogP contribution in [-0.4, -0.2) is 76.6 Å². The second-order valence-corrected chi connectivity index (χ2v) is 16.3. The zero-order valence-electron chi connectivity index (χ0n) is 30.1. The Morgan fingerprint density at radius 2 is 1.65 bits per heavy atom. The van der Waals surface area contributed by atoms with Gasteiger partial charge in [-0.1, -0.05) is 87.9 Å². The average Bonchev–Trinajstić information content (AvgIpc) is 3.88. The zero-order valence-corrected chi connectivity index (χ0v) is 30.9. The van der Waals surface area contributed by atoms with Crippen LogP contribution in [0.2, 0.25) is 0 Å². The maximum absolute atomic E-state index is 14.5. The Labute approximate surface area is 303 Å². The molecular formula is C37H45N7O7S. The number of rotatable bonds is 12. The molecule has 14 nitrogen and oxygen atoms in total. The van der Waals surface area contributed by atoms with Gasteiger partial charge in [-0.2, -0.15) is 0 Å². The van der Waals surface area contributed by atoms with E-state index in [0.29, 0.717) is 5.69 Å². The number of nitrogens with zero attached hydrogens (tertiary/aromatic N) is 4. The second-order valence-electron chi connectivity index (χ2n) is 14.6. The lowest BCUT2D eigenvalue weighted by molar-refractivity contribution is -0.142. The standard InChI is InChI=1S/C37H45N7O7S/c1-23(2)19-28(33(45)41-52(49,50)27-16-14-24(3)15-17-27)38-34(46)30-20-26(44-22-29(40-42-44)25-11-8-7-9-12-25)21-43(30)36(48)32(37(4,5)6)39-35(47)31-13-10-18-51-31/h7-18,22-23,26,28,30,32H,19-21H2,1-6H3,(H,38,46)(H,39,47)(H,41,45)/t26-,28-,30-,32+/m0/s1. The molecule has 4 aromatic rings. The number of sulfonamides is 1. The number of nitrogens with one attached hydrogen (secondary N) is 3. The smallest absolute Gasteiger partial charge is 0.287 e. The van der Waals surface area contributed by atoms with E-state index in [4.69, 9.17) is 4.42 Å². The molecule has 0 unspecified atom stereocenters. The van der Waals surface area contributed by atoms with Crippen LogP contribution in [0.5, 0.6) is 0 Å². The molecular weight excluding hydrogens is 687 g/mol. The normalized spacial score (nSPS) is 17.4. The summed E-state index contributed by atoms with van der Waals surface area (Å²) in [5.41, 5.74) is 1.50. The van der Waals surface area contributed by atoms with Gasteiger partial charge < -0.3 is 20.0 Å². The highest BCUT2D eigenvalue weighted by atomic mass is 32.2. The van der Waals surface area contributed by atoms with E-state index in [9.17, 15) is 27.6 Å². The molecule has 3 N–H and O–H groups in total. The molecule has 1 saturated heterocycles. The minimum absolute atomic E-state index is 0.0230. The number of carbonyl (C=O) groups excluding carboxylic acids is 4. The van der Waals surface area contributed by atoms with Crippen LogP contribution < -0.4 is 15.4 Å². The Morgan fingerprint density at radius 3 is 2.27 bits per heavy atom. The first-order valence-corrected chi connectivity index (χ1v) is 18.6. The number of benzene rings is 2. The fraction of sp³-hybridized carbons (Fsp3) is 0.405. The molecule has 4 atom stereocenters. The van der Waals surface area contributed by atoms with Crippen molar-refractivity contribution in [3.8, 4) is 11.3 Å². The molecule has 1 aliphatic heterocycles. The van der Waals surface area contributed by atoms with E-state index in [2.05, 4.69) is 25.7 Å². The molecule has 52 heavy (non-hydrogen) atoms. The van der Waals surface area contributed by atoms with Crippen molar-refractivity contribution in [2.24, 2.45) is 11.3 Å². The lowest BCUT2D eigenvalue weighted by Crippen LogP contribution is -2.59. The highest BCUT2D eigenvalue weighted by molar-refractivity contribution is 7.90. The van der Waals surface area contributed by atoms with Crippen LogP contribution in [0.1, 0.15) is 69.6 Å². The highest BCUT2D eigenvalue weighted by Gasteiger charge is 2.46. The predicted molar refractivity (Wildman–Crippen MR) is 192 cm³/mol. The second kappa shape index (κ2) is 15.5. The predicted octanol–water partition coefficient (Wildman–Crippen LogP) is 3.87. The number of hydrogen-bond acceptors (Lipinski definition) is 9. The van der Waals surface area contributed by atoms with Crippen LogP contribution >= 0.6 is 0 Å². The monoisotopic (exact) mass is 731 g/mol. The van der Waals surface area contributed by atoms with Crippen molar-refractivity contribution in [3.63, 3.8) is 0 Å². The van der Waals surface area contributed by atoms with E-state index >= 15 is 0 Å². The van der Waals surface area contributed by atoms with E-state index in [-0.39, 0.29) is 36.0 Å². The Kier molecular flexibility index (Phi) is 11.3. The van der Waals surface area contributed by atoms with Crippen LogP contribution in [0.4, 0.5) is 0 Å². The lowest BCUT2D eigenvalue weighted by Gasteiger charge is -2.35. The van der Waals surface area contributed by atoms with Gasteiger partial charge in [0.15, 0.2) is 5.76 Å². The molecule has 2 aromatic carbocycles. The number of aryl methyl sites for hydroxylation is 1. The summed E-state index contributed by atoms with van der Waals surface area (Å²) < 4.78 is 35.2. The molecule has 0 spiro atoms. The molecule has 2 aromatic heterocycles. The molecule has 0 radical (unpaired) electrons. The van der Waals surface area contributed by atoms with Gasteiger partial charge in [-0.3, -0.25) is 19.2 Å². The number of aromatic nitrogens is 3. The van der Waals surface area contributed by atoms with E-state index in [1.165, 1.54) is 29.4 Å². The minimum atomic E-state index is -4.24. The van der Waals surface area contributed by atoms with E-state index in [1.807, 2.05) is 51.1 Å². The molecule has 0 bridgehead atoms. The third kappa shape index (κ3) is 8.94. The Hall–Kier alpha value is -5.31. The van der Waals surface area contributed by atoms with Crippen LogP contribution in [0.15, 0.2) is 88.5 Å². The molecule has 0 saturated carbocycles. The number of hydrogen-bond donors (Lipinski definition) is 3. The Balaban J connectivity index is 1.43. The average molecular weight is 732 g/mol. The lowest BCUT2D eigenvalue weighted by atomic mass is 9.85. The van der Waals surface area contributed by atoms with Crippen molar-refractivity contribution in [2.75, 3.05) is 6.54 Å². The van der Waals surface area contributed by atoms with Crippen molar-refractivity contribution in [1.82, 2.24) is 35.2 Å². The third-order valence-electron chi connectivity index (χ3n) is 8.86. The number of amides is 4. The molecule has 5 rings (SSSR count). The maximum Gasteiger partial charge on any atom is 0.287 e. The van der Waals surface area contributed by atoms with Crippen LogP contribution in [-0.2, 0) is 24.4 Å². The van der Waals surface area contributed by atoms with Crippen molar-refractivity contribution < 1.29 is 32.0 Å². The first-order chi connectivity index (χ1) is 24.5. The van der Waals surface area contributed by atoms with E-state index < -0.39 is 63.2 Å². The van der Waals surface area contributed by atoms with Gasteiger partial charge in [0, 0.05) is 18.5 Å². The van der Waals surface area contributed by atoms with Crippen molar-refractivity contribution in [2.45, 2.75) is 83.4 Å². The molecule has 1 fully saturated rings. The van der Waals surface area contributed by atoms with Crippen LogP contribution in [0, 0.1) is 18.3 Å². The highest BCUT2D eigenvalue weighted by Crippen LogP contribution is 2.32. The zero-order chi connectivity index (χ0) is 37.8. The van der Waals surface area contributed by atoms with Gasteiger partial charge in [-0.05, 0) is 48.9 Å². The summed E-state index contributed by atoms with van der Waals surface area (Å²) >= 11 is 0. The summed E-state index contributed by atoms with van der Waals surface area (Å²) in [5.74, 6) is -2.77. The molecule has 3 heterocycles. The summed E-state index contributed by atoms with van der Waals surface area (Å²) in [6, 6.07) is 14.6. The fourth-order valence-electron chi connectivity index (χ4n) is 6.07. The fourth-order valence-corrected chi connectivity index (χ4v) is 7.09. The van der Waals surface area contributed by atoms with Crippen LogP contribution in [0.25, 0.3) is 11.3 Å². The summed E-state index contributed by atoms with van der Waals surface area (Å²) in [6.45, 7) is 10.9. The molecule has 15 heteroatoms. The van der Waals surface area contributed by atoms with E-state index in [0.717, 1.165) is 11.1 Å². The summed E-state index contributed by atoms with van der Waals surface area (Å²) in [6.07, 6.45) is 3.33. The molecule has 1 aliphatic rings. The topological polar surface area (TPSA) is 186 Å². The van der Waals surface area contributed by atoms with Crippen LogP contribution in [0.3, 0.4) is 0 Å². The maximum atomic E-state index is 14.5. The Bertz CT molecular complexity index is 1990. The molecule has 276 valence electrons. The number of likely N-dealkylation sites (tertiary alicyclic amines) is 1. The van der Waals surface area contributed by atoms with Gasteiger partial charge in [-0.15, -0.1) is 5.10 Å². The van der Waals surface area contributed by atoms with Gasteiger partial charge in [0.1, 0.15) is 23.8 Å². The van der Waals surface area contributed by atoms with Gasteiger partial charge in [0.05, 0.1) is 23.4 Å². The van der Waals surface area contributed by atoms with Crippen molar-refractivity contribution in [3.05, 3.63) is 90.5 Å². The molecule has 4 amide bonds. The van der Waals surface area contributed by atoms with Gasteiger partial charge in [-0.25, -0.2) is 17.8 Å². The molecule has 0 aliphatic carbocycles. The van der Waals surface area contributed by atoms with Crippen molar-refractivity contribution >= 4 is 33.7 Å². The van der Waals surface area contributed by atoms with Gasteiger partial charge in [0.25, 0.3) is 21.8 Å². The number of furan rings is 1. The number of carbonyl (C=O) groups is 4. The van der Waals surface area contributed by atoms with E-state index in [1.54, 1.807) is 49.8 Å². The summed E-state index contributed by atoms with van der Waals surface area (Å²) in [4.78, 5) is 56.6. The minimum Gasteiger partial charge on any atom is -0.459 e. The summed E-state index contributed by atoms with van der Waals surface area (Å²) in [7, 11) is -4.24. The van der Waals surface area contributed by atoms with Crippen molar-refractivity contribution in [1.29, 1.82) is 0 Å². The van der Waals surface area contributed by atoms with Gasteiger partial charge in [0.2, 0.25) is 11.8 Å². The quantitative estimate of drug-likeness (QED) is 0.195. The first-order valence-electron chi connectivity index (χ1n) is 17.1. The SMILES string of the molecule is Cc1ccc(S(=O)(=O)NC(=O)[C@H](CC(C)C)NC(=O)[C@@H]2C[C@H](n3cc(-c4ccccc4)nn3)CN2C(=O)[C@@H](NC(=O)c2ccco2)C(C)(C)C)cc1. The largest absolute Gasteiger partial charge is 0.459 e. The first kappa shape index (κ1) is 37.9. The van der Waals surface area contributed by atoms with Gasteiger partial charge >= 0.3 is 0 Å². The third-order valence-corrected chi connectivity index (χ3v) is 10.2. The summed E-state index contributed by atoms with van der Waals surface area (Å²) in [5, 5.41) is 14.2. The Morgan fingerprint density at radius 1 is 0.962 bits per heavy atom.